The molecule has 1 fully saturated rings. The molecule has 22 heavy (non-hydrogen) atoms. The summed E-state index contributed by atoms with van der Waals surface area (Å²) in [6.07, 6.45) is 3.59. The Bertz CT molecular complexity index is 648. The summed E-state index contributed by atoms with van der Waals surface area (Å²) in [6, 6.07) is 3.67. The normalized spacial score (nSPS) is 16.6. The molecular weight excluding hydrogens is 300 g/mol. The second kappa shape index (κ2) is 6.97. The lowest BCUT2D eigenvalue weighted by Gasteiger charge is -2.22. The molecule has 1 atom stereocenters. The van der Waals surface area contributed by atoms with Crippen LogP contribution in [0.5, 0.6) is 0 Å². The topological polar surface area (TPSA) is 98.6 Å². The van der Waals surface area contributed by atoms with Crippen molar-refractivity contribution in [1.29, 1.82) is 5.26 Å². The number of hydrogen-bond donors (Lipinski definition) is 2. The number of aryl methyl sites for hydroxylation is 1. The van der Waals surface area contributed by atoms with Crippen molar-refractivity contribution in [2.24, 2.45) is 5.92 Å². The maximum Gasteiger partial charge on any atom is 0.251 e. The molecule has 118 valence electrons. The van der Waals surface area contributed by atoms with E-state index in [-0.39, 0.29) is 23.1 Å². The molecule has 7 heteroatoms. The molecule has 6 nitrogen and oxygen atoms in total. The Morgan fingerprint density at radius 3 is 2.95 bits per heavy atom. The number of nitrogens with one attached hydrogen (secondary N) is 2. The molecule has 1 saturated carbocycles. The number of carbonyl (C=O) groups excluding carboxylic acids is 1. The number of nitrogens with zero attached hydrogens (tertiary/aromatic N) is 2. The quantitative estimate of drug-likeness (QED) is 0.587. The highest BCUT2D eigenvalue weighted by Crippen LogP contribution is 2.39. The van der Waals surface area contributed by atoms with Crippen molar-refractivity contribution in [2.45, 2.75) is 50.2 Å². The van der Waals surface area contributed by atoms with Gasteiger partial charge in [-0.15, -0.1) is 0 Å². The van der Waals surface area contributed by atoms with E-state index in [9.17, 15) is 14.9 Å². The first kappa shape index (κ1) is 16.6. The van der Waals surface area contributed by atoms with E-state index in [1.54, 1.807) is 6.92 Å². The van der Waals surface area contributed by atoms with Gasteiger partial charge in [-0.05, 0) is 32.1 Å². The van der Waals surface area contributed by atoms with Crippen molar-refractivity contribution >= 4 is 17.7 Å². The van der Waals surface area contributed by atoms with Crippen molar-refractivity contribution in [1.82, 2.24) is 15.3 Å². The Hall–Kier alpha value is -1.81. The van der Waals surface area contributed by atoms with Crippen molar-refractivity contribution in [3.05, 3.63) is 22.1 Å². The summed E-state index contributed by atoms with van der Waals surface area (Å²) in [7, 11) is 0. The third-order valence-electron chi connectivity index (χ3n) is 3.64. The monoisotopic (exact) mass is 320 g/mol. The summed E-state index contributed by atoms with van der Waals surface area (Å²) < 4.78 is 0. The minimum atomic E-state index is -0.789. The summed E-state index contributed by atoms with van der Waals surface area (Å²) >= 11 is 1.18. The molecule has 0 unspecified atom stereocenters. The number of aromatic amines is 1. The first-order valence-electron chi connectivity index (χ1n) is 7.42. The Kier molecular flexibility index (Phi) is 5.24. The Morgan fingerprint density at radius 2 is 2.36 bits per heavy atom. The number of nitriles is 1. The van der Waals surface area contributed by atoms with Gasteiger partial charge in [-0.1, -0.05) is 25.1 Å². The van der Waals surface area contributed by atoms with Gasteiger partial charge in [0, 0.05) is 11.8 Å². The second-order valence-corrected chi connectivity index (χ2v) is 6.68. The van der Waals surface area contributed by atoms with Gasteiger partial charge in [-0.3, -0.25) is 9.59 Å². The zero-order valence-corrected chi connectivity index (χ0v) is 13.6. The van der Waals surface area contributed by atoms with Gasteiger partial charge in [0.05, 0.1) is 11.8 Å². The third-order valence-corrected chi connectivity index (χ3v) is 4.52. The molecule has 1 amide bonds. The summed E-state index contributed by atoms with van der Waals surface area (Å²) in [6.45, 7) is 3.78. The number of thioether (sulfide) groups is 1. The van der Waals surface area contributed by atoms with Gasteiger partial charge in [0.1, 0.15) is 5.54 Å². The fourth-order valence-corrected chi connectivity index (χ4v) is 2.97. The third kappa shape index (κ3) is 4.34. The number of carbonyl (C=O) groups is 1. The molecule has 0 radical (unpaired) electrons. The fourth-order valence-electron chi connectivity index (χ4n) is 2.28. The van der Waals surface area contributed by atoms with Crippen LogP contribution >= 0.6 is 11.8 Å². The molecule has 1 aromatic rings. The molecule has 0 bridgehead atoms. The Morgan fingerprint density at radius 1 is 1.64 bits per heavy atom. The molecule has 2 N–H and O–H groups in total. The predicted octanol–water partition coefficient (Wildman–Crippen LogP) is 1.62. The van der Waals surface area contributed by atoms with E-state index >= 15 is 0 Å². The number of hydrogen-bond acceptors (Lipinski definition) is 5. The van der Waals surface area contributed by atoms with Gasteiger partial charge in [-0.2, -0.15) is 5.26 Å². The molecule has 0 aliphatic heterocycles. The number of aromatic nitrogens is 2. The Balaban J connectivity index is 1.93. The van der Waals surface area contributed by atoms with Gasteiger partial charge < -0.3 is 10.3 Å². The van der Waals surface area contributed by atoms with Gasteiger partial charge in [0.15, 0.2) is 5.16 Å². The van der Waals surface area contributed by atoms with Gasteiger partial charge in [0.25, 0.3) is 5.56 Å². The molecule has 1 heterocycles. The van der Waals surface area contributed by atoms with E-state index in [2.05, 4.69) is 21.4 Å². The summed E-state index contributed by atoms with van der Waals surface area (Å²) in [5, 5.41) is 12.5. The summed E-state index contributed by atoms with van der Waals surface area (Å²) in [5.74, 6) is 0.157. The van der Waals surface area contributed by atoms with Crippen LogP contribution in [0.15, 0.2) is 16.0 Å². The van der Waals surface area contributed by atoms with E-state index in [0.717, 1.165) is 31.4 Å². The smallest absolute Gasteiger partial charge is 0.251 e. The van der Waals surface area contributed by atoms with Gasteiger partial charge in [0.2, 0.25) is 5.91 Å². The van der Waals surface area contributed by atoms with E-state index in [4.69, 9.17) is 0 Å². The summed E-state index contributed by atoms with van der Waals surface area (Å²) in [4.78, 5) is 30.5. The fraction of sp³-hybridized carbons (Fsp3) is 0.600. The molecular formula is C15H20N4O2S. The van der Waals surface area contributed by atoms with E-state index in [1.807, 2.05) is 6.92 Å². The lowest BCUT2D eigenvalue weighted by Crippen LogP contribution is -2.47. The van der Waals surface area contributed by atoms with Crippen molar-refractivity contribution in [3.8, 4) is 6.07 Å². The first-order chi connectivity index (χ1) is 10.5. The van der Waals surface area contributed by atoms with Crippen LogP contribution in [0.4, 0.5) is 0 Å². The molecule has 0 aromatic carbocycles. The zero-order valence-electron chi connectivity index (χ0n) is 12.8. The predicted molar refractivity (Wildman–Crippen MR) is 84.5 cm³/mol. The molecule has 1 aliphatic rings. The van der Waals surface area contributed by atoms with Gasteiger partial charge in [-0.25, -0.2) is 4.98 Å². The van der Waals surface area contributed by atoms with Crippen LogP contribution in [0.1, 0.15) is 38.8 Å². The van der Waals surface area contributed by atoms with Crippen molar-refractivity contribution in [3.63, 3.8) is 0 Å². The largest absolute Gasteiger partial charge is 0.337 e. The standard InChI is InChI=1S/C15H20N4O2S/c1-3-4-11-7-12(20)18-14(17-11)22-8-13(21)19-15(2,9-16)10-5-6-10/h7,10H,3-6,8H2,1-2H3,(H,19,21)(H,17,18,20)/t15-/m1/s1. The average molecular weight is 320 g/mol. The lowest BCUT2D eigenvalue weighted by atomic mass is 9.98. The van der Waals surface area contributed by atoms with Crippen LogP contribution in [0, 0.1) is 17.2 Å². The van der Waals surface area contributed by atoms with Crippen LogP contribution in [-0.2, 0) is 11.2 Å². The van der Waals surface area contributed by atoms with Crippen LogP contribution in [0.2, 0.25) is 0 Å². The van der Waals surface area contributed by atoms with Crippen LogP contribution < -0.4 is 10.9 Å². The maximum atomic E-state index is 12.0. The highest BCUT2D eigenvalue weighted by molar-refractivity contribution is 7.99. The molecule has 1 aliphatic carbocycles. The highest BCUT2D eigenvalue weighted by Gasteiger charge is 2.42. The molecule has 0 saturated heterocycles. The highest BCUT2D eigenvalue weighted by atomic mass is 32.2. The van der Waals surface area contributed by atoms with Crippen molar-refractivity contribution in [2.75, 3.05) is 5.75 Å². The minimum absolute atomic E-state index is 0.127. The number of rotatable bonds is 7. The minimum Gasteiger partial charge on any atom is -0.337 e. The van der Waals surface area contributed by atoms with Gasteiger partial charge >= 0.3 is 0 Å². The van der Waals surface area contributed by atoms with Crippen molar-refractivity contribution < 1.29 is 4.79 Å². The van der Waals surface area contributed by atoms with E-state index < -0.39 is 5.54 Å². The zero-order chi connectivity index (χ0) is 16.2. The van der Waals surface area contributed by atoms with Crippen LogP contribution in [0.25, 0.3) is 0 Å². The molecule has 2 rings (SSSR count). The number of H-pyrrole nitrogens is 1. The summed E-state index contributed by atoms with van der Waals surface area (Å²) in [5.41, 5.74) is -0.266. The Labute approximate surface area is 133 Å². The number of amides is 1. The lowest BCUT2D eigenvalue weighted by molar-refractivity contribution is -0.119. The molecule has 1 aromatic heterocycles. The van der Waals surface area contributed by atoms with Crippen LogP contribution in [-0.4, -0.2) is 27.2 Å². The molecule has 0 spiro atoms. The van der Waals surface area contributed by atoms with E-state index in [0.29, 0.717) is 5.16 Å². The average Bonchev–Trinajstić information content (AvgIpc) is 3.30. The second-order valence-electron chi connectivity index (χ2n) is 5.72. The SMILES string of the molecule is CCCc1cc(=O)[nH]c(SCC(=O)N[C@](C)(C#N)C2CC2)n1. The van der Waals surface area contributed by atoms with Crippen LogP contribution in [0.3, 0.4) is 0 Å². The van der Waals surface area contributed by atoms with E-state index in [1.165, 1.54) is 17.8 Å². The maximum absolute atomic E-state index is 12.0. The first-order valence-corrected chi connectivity index (χ1v) is 8.40.